The summed E-state index contributed by atoms with van der Waals surface area (Å²) in [6.45, 7) is 16.1. The molecule has 0 radical (unpaired) electrons. The number of rotatable bonds is 3. The molecule has 0 amide bonds. The Labute approximate surface area is 153 Å². The quantitative estimate of drug-likeness (QED) is 0.657. The Kier molecular flexibility index (Phi) is 4.45. The van der Waals surface area contributed by atoms with Crippen LogP contribution in [0.25, 0.3) is 27.3 Å². The molecule has 0 fully saturated rings. The Morgan fingerprint density at radius 2 is 1.96 bits per heavy atom. The van der Waals surface area contributed by atoms with Crippen molar-refractivity contribution in [1.29, 1.82) is 0 Å². The Morgan fingerprint density at radius 1 is 1.23 bits per heavy atom. The zero-order chi connectivity index (χ0) is 19.1. The summed E-state index contributed by atoms with van der Waals surface area (Å²) in [5.74, 6) is 0. The van der Waals surface area contributed by atoms with Gasteiger partial charge in [-0.05, 0) is 23.6 Å². The standard InChI is InChI=1S/C21H24N4O/c1-14(22-5)15-8-7-9-16(12-15)17-10-11-18-19(23-17)24(6)20(26)25(18)13-21(2,3)4/h7-12,14H,13H2,1-4,6H3. The summed E-state index contributed by atoms with van der Waals surface area (Å²) in [5.41, 5.74) is 4.22. The second-order valence-electron chi connectivity index (χ2n) is 7.96. The minimum absolute atomic E-state index is 0.00100. The minimum atomic E-state index is -0.184. The number of pyridine rings is 1. The van der Waals surface area contributed by atoms with E-state index >= 15 is 0 Å². The number of fused-ring (bicyclic) bond motifs is 1. The van der Waals surface area contributed by atoms with Crippen LogP contribution in [-0.4, -0.2) is 14.1 Å². The zero-order valence-electron chi connectivity index (χ0n) is 15.9. The number of hydrogen-bond donors (Lipinski definition) is 0. The van der Waals surface area contributed by atoms with Gasteiger partial charge in [0.15, 0.2) is 5.65 Å². The first-order valence-electron chi connectivity index (χ1n) is 8.74. The molecule has 0 aliphatic carbocycles. The van der Waals surface area contributed by atoms with Crippen LogP contribution in [0.4, 0.5) is 0 Å². The molecule has 0 N–H and O–H groups in total. The van der Waals surface area contributed by atoms with Crippen LogP contribution < -0.4 is 5.69 Å². The van der Waals surface area contributed by atoms with Gasteiger partial charge in [-0.15, -0.1) is 0 Å². The van der Waals surface area contributed by atoms with Gasteiger partial charge in [0.2, 0.25) is 6.04 Å². The van der Waals surface area contributed by atoms with Gasteiger partial charge in [0.25, 0.3) is 0 Å². The van der Waals surface area contributed by atoms with Gasteiger partial charge < -0.3 is 4.85 Å². The predicted molar refractivity (Wildman–Crippen MR) is 105 cm³/mol. The highest BCUT2D eigenvalue weighted by Gasteiger charge is 2.19. The van der Waals surface area contributed by atoms with E-state index in [1.54, 1.807) is 16.2 Å². The molecule has 0 aliphatic rings. The summed E-state index contributed by atoms with van der Waals surface area (Å²) < 4.78 is 3.40. The summed E-state index contributed by atoms with van der Waals surface area (Å²) in [6.07, 6.45) is 0. The van der Waals surface area contributed by atoms with Crippen LogP contribution in [0.3, 0.4) is 0 Å². The number of benzene rings is 1. The first-order valence-corrected chi connectivity index (χ1v) is 8.74. The lowest BCUT2D eigenvalue weighted by molar-refractivity contribution is 0.342. The average Bonchev–Trinajstić information content (AvgIpc) is 2.84. The number of hydrogen-bond acceptors (Lipinski definition) is 2. The maximum Gasteiger partial charge on any atom is 0.330 e. The van der Waals surface area contributed by atoms with E-state index < -0.39 is 0 Å². The van der Waals surface area contributed by atoms with Gasteiger partial charge in [0.1, 0.15) is 0 Å². The van der Waals surface area contributed by atoms with Gasteiger partial charge in [-0.2, -0.15) is 0 Å². The lowest BCUT2D eigenvalue weighted by Gasteiger charge is -2.18. The second-order valence-corrected chi connectivity index (χ2v) is 7.96. The van der Waals surface area contributed by atoms with Crippen molar-refractivity contribution in [3.63, 3.8) is 0 Å². The molecule has 1 atom stereocenters. The first-order chi connectivity index (χ1) is 12.2. The van der Waals surface area contributed by atoms with Crippen molar-refractivity contribution in [2.45, 2.75) is 40.3 Å². The van der Waals surface area contributed by atoms with Gasteiger partial charge in [-0.1, -0.05) is 39.0 Å². The second kappa shape index (κ2) is 6.45. The molecule has 0 spiro atoms. The Hall–Kier alpha value is -2.87. The van der Waals surface area contributed by atoms with E-state index in [0.717, 1.165) is 22.3 Å². The van der Waals surface area contributed by atoms with Crippen LogP contribution in [0.2, 0.25) is 0 Å². The van der Waals surface area contributed by atoms with Gasteiger partial charge >= 0.3 is 5.69 Å². The smallest absolute Gasteiger partial charge is 0.309 e. The van der Waals surface area contributed by atoms with Crippen LogP contribution in [0.15, 0.2) is 41.2 Å². The zero-order valence-corrected chi connectivity index (χ0v) is 15.9. The van der Waals surface area contributed by atoms with Gasteiger partial charge in [0.05, 0.1) is 11.2 Å². The molecule has 26 heavy (non-hydrogen) atoms. The van der Waals surface area contributed by atoms with Crippen LogP contribution in [0.5, 0.6) is 0 Å². The largest absolute Gasteiger partial charge is 0.330 e. The van der Waals surface area contributed by atoms with Crippen LogP contribution >= 0.6 is 0 Å². The molecule has 5 nitrogen and oxygen atoms in total. The molecule has 2 heterocycles. The molecule has 3 rings (SSSR count). The third kappa shape index (κ3) is 3.28. The predicted octanol–water partition coefficient (Wildman–Crippen LogP) is 4.43. The minimum Gasteiger partial charge on any atom is -0.309 e. The van der Waals surface area contributed by atoms with E-state index in [0.29, 0.717) is 12.2 Å². The summed E-state index contributed by atoms with van der Waals surface area (Å²) in [5, 5.41) is 0. The summed E-state index contributed by atoms with van der Waals surface area (Å²) >= 11 is 0. The normalized spacial score (nSPS) is 12.9. The lowest BCUT2D eigenvalue weighted by Crippen LogP contribution is -2.27. The molecule has 0 bridgehead atoms. The van der Waals surface area contributed by atoms with Crippen molar-refractivity contribution in [2.75, 3.05) is 0 Å². The fraction of sp³-hybridized carbons (Fsp3) is 0.381. The number of aromatic nitrogens is 3. The van der Waals surface area contributed by atoms with Crippen LogP contribution in [0, 0.1) is 12.0 Å². The fourth-order valence-electron chi connectivity index (χ4n) is 3.09. The summed E-state index contributed by atoms with van der Waals surface area (Å²) in [6, 6.07) is 11.6. The monoisotopic (exact) mass is 348 g/mol. The SMILES string of the molecule is [C-]#[N+]C(C)c1cccc(-c2ccc3c(n2)n(C)c(=O)n3CC(C)(C)C)c1. The van der Waals surface area contributed by atoms with E-state index in [9.17, 15) is 4.79 Å². The highest BCUT2D eigenvalue weighted by atomic mass is 16.1. The Morgan fingerprint density at radius 3 is 2.62 bits per heavy atom. The van der Waals surface area contributed by atoms with E-state index in [1.807, 2.05) is 43.3 Å². The van der Waals surface area contributed by atoms with Crippen molar-refractivity contribution < 1.29 is 0 Å². The van der Waals surface area contributed by atoms with Crippen molar-refractivity contribution in [3.05, 3.63) is 63.9 Å². The lowest BCUT2D eigenvalue weighted by atomic mass is 9.97. The molecule has 1 unspecified atom stereocenters. The van der Waals surface area contributed by atoms with E-state index in [4.69, 9.17) is 11.6 Å². The van der Waals surface area contributed by atoms with Crippen molar-refractivity contribution in [3.8, 4) is 11.3 Å². The molecular weight excluding hydrogens is 324 g/mol. The van der Waals surface area contributed by atoms with Crippen molar-refractivity contribution in [1.82, 2.24) is 14.1 Å². The Bertz CT molecular complexity index is 1060. The summed E-state index contributed by atoms with van der Waals surface area (Å²) in [4.78, 5) is 21.0. The van der Waals surface area contributed by atoms with Gasteiger partial charge in [0, 0.05) is 31.6 Å². The topological polar surface area (TPSA) is 44.2 Å². The van der Waals surface area contributed by atoms with E-state index in [1.165, 1.54) is 0 Å². The molecule has 134 valence electrons. The van der Waals surface area contributed by atoms with Crippen molar-refractivity contribution >= 4 is 11.2 Å². The molecule has 5 heteroatoms. The maximum atomic E-state index is 12.6. The molecular formula is C21H24N4O. The maximum absolute atomic E-state index is 12.6. The van der Waals surface area contributed by atoms with E-state index in [-0.39, 0.29) is 17.1 Å². The molecule has 0 saturated carbocycles. The highest BCUT2D eigenvalue weighted by molar-refractivity contribution is 5.76. The van der Waals surface area contributed by atoms with Crippen LogP contribution in [0.1, 0.15) is 39.3 Å². The first kappa shape index (κ1) is 17.9. The molecule has 3 aromatic rings. The third-order valence-corrected chi connectivity index (χ3v) is 4.47. The third-order valence-electron chi connectivity index (χ3n) is 4.47. The summed E-state index contributed by atoms with van der Waals surface area (Å²) in [7, 11) is 1.76. The van der Waals surface area contributed by atoms with E-state index in [2.05, 4.69) is 25.6 Å². The molecule has 1 aromatic carbocycles. The fourth-order valence-corrected chi connectivity index (χ4v) is 3.09. The Balaban J connectivity index is 2.13. The van der Waals surface area contributed by atoms with Gasteiger partial charge in [-0.3, -0.25) is 9.13 Å². The average molecular weight is 348 g/mol. The molecule has 0 saturated heterocycles. The number of aryl methyl sites for hydroxylation is 1. The van der Waals surface area contributed by atoms with Gasteiger partial charge in [-0.25, -0.2) is 16.4 Å². The molecule has 0 aliphatic heterocycles. The van der Waals surface area contributed by atoms with Crippen molar-refractivity contribution in [2.24, 2.45) is 12.5 Å². The van der Waals surface area contributed by atoms with Crippen LogP contribution in [-0.2, 0) is 13.6 Å². The number of imidazole rings is 1. The molecule has 2 aromatic heterocycles. The number of nitrogens with zero attached hydrogens (tertiary/aromatic N) is 4. The highest BCUT2D eigenvalue weighted by Crippen LogP contribution is 2.26.